The van der Waals surface area contributed by atoms with Crippen molar-refractivity contribution in [2.24, 2.45) is 11.8 Å². The van der Waals surface area contributed by atoms with Crippen LogP contribution in [0.4, 0.5) is 0 Å². The van der Waals surface area contributed by atoms with Crippen molar-refractivity contribution in [3.05, 3.63) is 63.7 Å². The molecule has 190 valence electrons. The molecule has 3 atom stereocenters. The first-order valence-corrected chi connectivity index (χ1v) is 12.9. The fourth-order valence-corrected chi connectivity index (χ4v) is 4.71. The Bertz CT molecular complexity index is 1080. The van der Waals surface area contributed by atoms with Gasteiger partial charge in [-0.05, 0) is 25.0 Å². The van der Waals surface area contributed by atoms with Crippen molar-refractivity contribution in [1.82, 2.24) is 9.97 Å². The van der Waals surface area contributed by atoms with Gasteiger partial charge in [0.05, 0.1) is 32.1 Å². The summed E-state index contributed by atoms with van der Waals surface area (Å²) in [6.07, 6.45) is 12.3. The minimum absolute atomic E-state index is 0.217. The largest absolute Gasteiger partial charge is 0.500 e. The van der Waals surface area contributed by atoms with Crippen LogP contribution in [0.5, 0.6) is 0 Å². The van der Waals surface area contributed by atoms with Crippen LogP contribution in [0.3, 0.4) is 0 Å². The quantitative estimate of drug-likeness (QED) is 0.169. The highest BCUT2D eigenvalue weighted by atomic mass is 32.1. The van der Waals surface area contributed by atoms with Crippen molar-refractivity contribution in [2.75, 3.05) is 21.3 Å². The molecular weight excluding hydrogens is 484 g/mol. The zero-order valence-corrected chi connectivity index (χ0v) is 22.9. The fourth-order valence-electron chi connectivity index (χ4n) is 3.04. The average Bonchev–Trinajstić information content (AvgIpc) is 3.50. The maximum absolute atomic E-state index is 11.6. The molecule has 0 saturated heterocycles. The summed E-state index contributed by atoms with van der Waals surface area (Å²) in [5.74, 6) is 0.207. The Morgan fingerprint density at radius 2 is 1.80 bits per heavy atom. The van der Waals surface area contributed by atoms with Crippen molar-refractivity contribution in [3.63, 3.8) is 0 Å². The molecule has 0 amide bonds. The summed E-state index contributed by atoms with van der Waals surface area (Å²) in [6, 6.07) is 0. The topological polar surface area (TPSA) is 90.8 Å². The number of hydrogen-bond acceptors (Lipinski definition) is 9. The van der Waals surface area contributed by atoms with E-state index in [1.54, 1.807) is 20.1 Å². The number of carbonyl (C=O) groups is 1. The van der Waals surface area contributed by atoms with E-state index in [4.69, 9.17) is 9.47 Å². The van der Waals surface area contributed by atoms with Crippen molar-refractivity contribution in [2.45, 2.75) is 39.4 Å². The number of hydrogen-bond donors (Lipinski definition) is 1. The maximum Gasteiger partial charge on any atom is 0.333 e. The molecule has 0 spiro atoms. The SMILES string of the molecule is COC(=O)/C=C(/OC)[C@H](C)[C@H](/C=C/c1csc(-c2csc(C(C)(O)/C=C/C=C/C(C)C)n2)n1)OC. The molecule has 0 bridgehead atoms. The molecule has 2 rings (SSSR count). The molecule has 0 aliphatic carbocycles. The van der Waals surface area contributed by atoms with Crippen molar-refractivity contribution < 1.29 is 24.1 Å². The number of aromatic nitrogens is 2. The van der Waals surface area contributed by atoms with Gasteiger partial charge in [0.2, 0.25) is 0 Å². The lowest BCUT2D eigenvalue weighted by Gasteiger charge is -2.21. The average molecular weight is 519 g/mol. The van der Waals surface area contributed by atoms with Crippen LogP contribution in [0.25, 0.3) is 16.8 Å². The van der Waals surface area contributed by atoms with Gasteiger partial charge < -0.3 is 19.3 Å². The summed E-state index contributed by atoms with van der Waals surface area (Å²) < 4.78 is 15.6. The normalized spacial score (nSPS) is 16.3. The lowest BCUT2D eigenvalue weighted by Crippen LogP contribution is -2.21. The number of ether oxygens (including phenoxy) is 3. The molecular formula is C26H34N2O5S2. The number of thiazole rings is 2. The number of allylic oxidation sites excluding steroid dienone is 3. The van der Waals surface area contributed by atoms with Crippen LogP contribution in [0.2, 0.25) is 0 Å². The second kappa shape index (κ2) is 13.5. The summed E-state index contributed by atoms with van der Waals surface area (Å²) in [6.45, 7) is 7.82. The molecule has 1 N–H and O–H groups in total. The second-order valence-corrected chi connectivity index (χ2v) is 10.1. The molecule has 0 saturated carbocycles. The van der Waals surface area contributed by atoms with Gasteiger partial charge >= 0.3 is 5.97 Å². The first kappa shape index (κ1) is 28.6. The van der Waals surface area contributed by atoms with Crippen LogP contribution in [0, 0.1) is 11.8 Å². The highest BCUT2D eigenvalue weighted by Gasteiger charge is 2.24. The van der Waals surface area contributed by atoms with Gasteiger partial charge in [0.1, 0.15) is 27.1 Å². The van der Waals surface area contributed by atoms with E-state index in [0.29, 0.717) is 16.7 Å². The molecule has 0 aromatic carbocycles. The van der Waals surface area contributed by atoms with Gasteiger partial charge in [-0.3, -0.25) is 0 Å². The minimum atomic E-state index is -1.16. The summed E-state index contributed by atoms with van der Waals surface area (Å²) in [4.78, 5) is 20.9. The standard InChI is InChI=1S/C26H34N2O5S2/c1-17(2)10-8-9-13-26(4,30)25-28-20(16-35-25)24-27-19(15-34-24)11-12-21(31-5)18(3)22(32-6)14-23(29)33-7/h8-18,21,30H,1-7H3/b10-8+,12-11+,13-9+,22-14+/t18-,21+,26?/m1/s1. The van der Waals surface area contributed by atoms with Crippen LogP contribution < -0.4 is 0 Å². The van der Waals surface area contributed by atoms with Crippen molar-refractivity contribution >= 4 is 34.7 Å². The molecule has 35 heavy (non-hydrogen) atoms. The minimum Gasteiger partial charge on any atom is -0.500 e. The van der Waals surface area contributed by atoms with Gasteiger partial charge in [-0.15, -0.1) is 22.7 Å². The Morgan fingerprint density at radius 3 is 2.43 bits per heavy atom. The Balaban J connectivity index is 2.14. The molecule has 0 aliphatic heterocycles. The fraction of sp³-hybridized carbons (Fsp3) is 0.423. The van der Waals surface area contributed by atoms with E-state index in [2.05, 4.69) is 34.6 Å². The van der Waals surface area contributed by atoms with E-state index < -0.39 is 11.6 Å². The van der Waals surface area contributed by atoms with Crippen LogP contribution in [0.1, 0.15) is 38.4 Å². The summed E-state index contributed by atoms with van der Waals surface area (Å²) in [5, 5.41) is 16.0. The van der Waals surface area contributed by atoms with Crippen LogP contribution in [-0.4, -0.2) is 48.5 Å². The van der Waals surface area contributed by atoms with E-state index in [1.165, 1.54) is 43.0 Å². The zero-order chi connectivity index (χ0) is 26.0. The molecule has 2 aromatic heterocycles. The predicted octanol–water partition coefficient (Wildman–Crippen LogP) is 5.61. The Hall–Kier alpha value is -2.59. The molecule has 1 unspecified atom stereocenters. The van der Waals surface area contributed by atoms with Crippen molar-refractivity contribution in [1.29, 1.82) is 0 Å². The molecule has 0 aliphatic rings. The number of nitrogens with zero attached hydrogens (tertiary/aromatic N) is 2. The molecule has 2 aromatic rings. The van der Waals surface area contributed by atoms with E-state index in [-0.39, 0.29) is 12.0 Å². The van der Waals surface area contributed by atoms with Gasteiger partial charge in [-0.1, -0.05) is 45.1 Å². The maximum atomic E-state index is 11.6. The lowest BCUT2D eigenvalue weighted by atomic mass is 10.0. The number of rotatable bonds is 12. The van der Waals surface area contributed by atoms with Crippen LogP contribution >= 0.6 is 22.7 Å². The first-order valence-electron chi connectivity index (χ1n) is 11.2. The van der Waals surface area contributed by atoms with Crippen molar-refractivity contribution in [3.8, 4) is 10.7 Å². The Labute approximate surface area is 215 Å². The van der Waals surface area contributed by atoms with Crippen LogP contribution in [-0.2, 0) is 24.6 Å². The highest BCUT2D eigenvalue weighted by Crippen LogP contribution is 2.31. The third kappa shape index (κ3) is 8.54. The molecule has 2 heterocycles. The smallest absolute Gasteiger partial charge is 0.333 e. The van der Waals surface area contributed by atoms with Gasteiger partial charge in [0.15, 0.2) is 0 Å². The first-order chi connectivity index (χ1) is 16.6. The number of esters is 1. The molecule has 7 nitrogen and oxygen atoms in total. The number of carbonyl (C=O) groups excluding carboxylic acids is 1. The second-order valence-electron chi connectivity index (χ2n) is 8.37. The zero-order valence-electron chi connectivity index (χ0n) is 21.2. The Kier molecular flexibility index (Phi) is 11.0. The summed E-state index contributed by atoms with van der Waals surface area (Å²) in [7, 11) is 4.42. The molecule has 0 fully saturated rings. The van der Waals surface area contributed by atoms with Gasteiger partial charge in [0, 0.05) is 23.8 Å². The van der Waals surface area contributed by atoms with Crippen LogP contribution in [0.15, 0.2) is 53.0 Å². The Morgan fingerprint density at radius 1 is 1.06 bits per heavy atom. The van der Waals surface area contributed by atoms with E-state index in [0.717, 1.165) is 16.4 Å². The third-order valence-electron chi connectivity index (χ3n) is 5.07. The van der Waals surface area contributed by atoms with E-state index in [1.807, 2.05) is 42.0 Å². The highest BCUT2D eigenvalue weighted by molar-refractivity contribution is 7.14. The third-order valence-corrected chi connectivity index (χ3v) is 7.03. The monoisotopic (exact) mass is 518 g/mol. The van der Waals surface area contributed by atoms with Gasteiger partial charge in [-0.25, -0.2) is 14.8 Å². The van der Waals surface area contributed by atoms with E-state index >= 15 is 0 Å². The number of methoxy groups -OCH3 is 3. The summed E-state index contributed by atoms with van der Waals surface area (Å²) >= 11 is 2.87. The van der Waals surface area contributed by atoms with Gasteiger partial charge in [-0.2, -0.15) is 0 Å². The molecule has 0 radical (unpaired) electrons. The number of aliphatic hydroxyl groups is 1. The molecule has 9 heteroatoms. The lowest BCUT2D eigenvalue weighted by molar-refractivity contribution is -0.135. The summed E-state index contributed by atoms with van der Waals surface area (Å²) in [5.41, 5.74) is 0.318. The predicted molar refractivity (Wildman–Crippen MR) is 142 cm³/mol. The van der Waals surface area contributed by atoms with Gasteiger partial charge in [0.25, 0.3) is 0 Å². The van der Waals surface area contributed by atoms with E-state index in [9.17, 15) is 9.90 Å².